The van der Waals surface area contributed by atoms with E-state index in [1.807, 2.05) is 18.2 Å². The quantitative estimate of drug-likeness (QED) is 0.0572. The Kier molecular flexibility index (Phi) is 22.8. The minimum absolute atomic E-state index is 0.520. The van der Waals surface area contributed by atoms with Crippen molar-refractivity contribution in [3.8, 4) is 55.6 Å². The molecule has 0 spiro atoms. The third-order valence-corrected chi connectivity index (χ3v) is 20.7. The second-order valence-electron chi connectivity index (χ2n) is 26.0. The molecule has 1 unspecified atom stereocenters. The van der Waals surface area contributed by atoms with Crippen molar-refractivity contribution in [2.45, 2.75) is 70.1 Å². The van der Waals surface area contributed by atoms with E-state index in [4.69, 9.17) is 0 Å². The molecule has 488 valence electrons. The summed E-state index contributed by atoms with van der Waals surface area (Å²) >= 11 is 1.75. The molecule has 0 aromatic heterocycles. The van der Waals surface area contributed by atoms with Crippen molar-refractivity contribution in [3.05, 3.63) is 351 Å². The lowest BCUT2D eigenvalue weighted by molar-refractivity contribution is 0.734. The van der Waals surface area contributed by atoms with E-state index in [0.29, 0.717) is 5.92 Å². The monoisotopic (exact) mass is 1310 g/mol. The van der Waals surface area contributed by atoms with Crippen molar-refractivity contribution < 1.29 is 0 Å². The van der Waals surface area contributed by atoms with Crippen molar-refractivity contribution in [1.82, 2.24) is 0 Å². The molecule has 0 aliphatic rings. The number of thioether (sulfide) groups is 1. The standard InChI is InChI=1S/C66H49NS.C16H18.C10H16S.C3H8/c1-5-13-45(6-2)46-31-33-53(34-32-46)67(54-35-38-56(68-4)39-36-54)55-37-41-62-64(43-55)66(52-29-25-50(26-30-52)60-21-12-17-48-15-8-10-19-58(48)60)61-40-22-44(3)42-63(61)65(62)51-27-23-49(24-28-51)59-20-11-16-47-14-7-9-18-57(47)59;1-3-13(2)14-9-11-16(12-10-14)15-7-5-4-6-8-15;1-9-5-7-10(8-6-9)11(2,3)4;1-3-2/h5-43H,1-2H2,3-4H3;4-13H,3H2,1-2H3;5-8H,1-4H3;3H2,1-2H3/b45-13+;;;. The Morgan fingerprint density at radius 2 is 0.857 bits per heavy atom. The van der Waals surface area contributed by atoms with Gasteiger partial charge in [-0.1, -0.05) is 313 Å². The minimum atomic E-state index is -0.520. The summed E-state index contributed by atoms with van der Waals surface area (Å²) in [6.45, 7) is 21.1. The van der Waals surface area contributed by atoms with Crippen molar-refractivity contribution in [2.24, 2.45) is 0 Å². The lowest BCUT2D eigenvalue weighted by Gasteiger charge is -2.27. The highest BCUT2D eigenvalue weighted by Gasteiger charge is 2.22. The molecule has 0 amide bonds. The van der Waals surface area contributed by atoms with Crippen LogP contribution in [0.3, 0.4) is 0 Å². The van der Waals surface area contributed by atoms with Crippen LogP contribution in [0.5, 0.6) is 0 Å². The van der Waals surface area contributed by atoms with E-state index in [1.165, 1.54) is 138 Å². The van der Waals surface area contributed by atoms with Crippen LogP contribution in [0.4, 0.5) is 17.1 Å². The molecular weight excluding hydrogens is 1220 g/mol. The first-order chi connectivity index (χ1) is 47.7. The summed E-state index contributed by atoms with van der Waals surface area (Å²) in [5, 5.41) is 9.85. The number of anilines is 3. The number of allylic oxidation sites excluding steroid dienone is 4. The summed E-state index contributed by atoms with van der Waals surface area (Å²) in [5.74, 6) is 0.657. The van der Waals surface area contributed by atoms with Crippen LogP contribution in [0, 0.1) is 13.8 Å². The molecule has 98 heavy (non-hydrogen) atoms. The molecular formula is C95H91NS2. The summed E-state index contributed by atoms with van der Waals surface area (Å²) in [5.41, 5.74) is 21.6. The third-order valence-electron chi connectivity index (χ3n) is 18.3. The summed E-state index contributed by atoms with van der Waals surface area (Å²) in [7, 11) is -0.520. The number of fused-ring (bicyclic) bond motifs is 4. The highest BCUT2D eigenvalue weighted by Crippen LogP contribution is 2.49. The normalized spacial score (nSPS) is 11.8. The molecule has 0 N–H and O–H groups in total. The van der Waals surface area contributed by atoms with Gasteiger partial charge in [-0.05, 0) is 232 Å². The minimum Gasteiger partial charge on any atom is -0.310 e. The number of nitrogens with zero attached hydrogens (tertiary/aromatic N) is 1. The van der Waals surface area contributed by atoms with Crippen LogP contribution in [-0.4, -0.2) is 25.0 Å². The SMILES string of the molecule is C=C/C=C(\C=C)c1ccc(N(c2ccc(SC)cc2)c2ccc3c(-c4ccc(-c5cccc6ccccc56)cc4)c4cc(C)ccc4c(-c4ccc(-c5cccc6ccccc56)cc4)c3c2)cc1.CCC.CCC(C)c1ccc(-c2ccccc2)cc1.Cc1ccc(S(C)(C)C)cc1. The van der Waals surface area contributed by atoms with E-state index in [2.05, 4.69) is 382 Å². The number of benzene rings is 14. The highest BCUT2D eigenvalue weighted by molar-refractivity contribution is 8.32. The maximum Gasteiger partial charge on any atom is 0.0468 e. The van der Waals surface area contributed by atoms with Crippen molar-refractivity contribution in [2.75, 3.05) is 29.9 Å². The van der Waals surface area contributed by atoms with Gasteiger partial charge in [-0.3, -0.25) is 0 Å². The lowest BCUT2D eigenvalue weighted by Crippen LogP contribution is -2.10. The molecule has 14 rings (SSSR count). The number of hydrogen-bond donors (Lipinski definition) is 0. The van der Waals surface area contributed by atoms with Crippen molar-refractivity contribution in [3.63, 3.8) is 0 Å². The van der Waals surface area contributed by atoms with Crippen LogP contribution >= 0.6 is 21.8 Å². The number of hydrogen-bond acceptors (Lipinski definition) is 2. The second kappa shape index (κ2) is 32.3. The average molecular weight is 1310 g/mol. The van der Waals surface area contributed by atoms with E-state index >= 15 is 0 Å². The zero-order chi connectivity index (χ0) is 68.7. The largest absolute Gasteiger partial charge is 0.310 e. The van der Waals surface area contributed by atoms with Crippen LogP contribution < -0.4 is 4.90 Å². The molecule has 0 fully saturated rings. The van der Waals surface area contributed by atoms with E-state index in [9.17, 15) is 0 Å². The Morgan fingerprint density at radius 1 is 0.418 bits per heavy atom. The highest BCUT2D eigenvalue weighted by atomic mass is 32.3. The third kappa shape index (κ3) is 15.9. The fraction of sp³-hybridized carbons (Fsp3) is 0.137. The molecule has 1 atom stereocenters. The summed E-state index contributed by atoms with van der Waals surface area (Å²) in [4.78, 5) is 5.09. The Hall–Kier alpha value is -10.2. The Morgan fingerprint density at radius 3 is 1.36 bits per heavy atom. The van der Waals surface area contributed by atoms with Gasteiger partial charge in [0.1, 0.15) is 0 Å². The fourth-order valence-corrected chi connectivity index (χ4v) is 14.2. The molecule has 3 heteroatoms. The predicted molar refractivity (Wildman–Crippen MR) is 439 cm³/mol. The van der Waals surface area contributed by atoms with Gasteiger partial charge in [-0.15, -0.1) is 11.8 Å². The van der Waals surface area contributed by atoms with Crippen molar-refractivity contribution in [1.29, 1.82) is 0 Å². The van der Waals surface area contributed by atoms with Gasteiger partial charge in [0.25, 0.3) is 0 Å². The summed E-state index contributed by atoms with van der Waals surface area (Å²) < 4.78 is 0. The molecule has 0 saturated heterocycles. The first kappa shape index (κ1) is 69.2. The molecule has 0 aliphatic heterocycles. The fourth-order valence-electron chi connectivity index (χ4n) is 12.9. The van der Waals surface area contributed by atoms with E-state index in [-0.39, 0.29) is 0 Å². The molecule has 0 heterocycles. The van der Waals surface area contributed by atoms with Gasteiger partial charge in [0.15, 0.2) is 0 Å². The van der Waals surface area contributed by atoms with Crippen LogP contribution in [0.15, 0.2) is 338 Å². The lowest BCUT2D eigenvalue weighted by atomic mass is 9.84. The Bertz CT molecular complexity index is 5030. The van der Waals surface area contributed by atoms with E-state index in [1.54, 1.807) is 11.8 Å². The smallest absolute Gasteiger partial charge is 0.0468 e. The van der Waals surface area contributed by atoms with Crippen LogP contribution in [0.25, 0.3) is 104 Å². The van der Waals surface area contributed by atoms with Gasteiger partial charge in [-0.25, -0.2) is 10.0 Å². The van der Waals surface area contributed by atoms with Gasteiger partial charge >= 0.3 is 0 Å². The first-order valence-corrected chi connectivity index (χ1v) is 38.4. The molecule has 0 radical (unpaired) electrons. The maximum absolute atomic E-state index is 4.08. The Labute approximate surface area is 589 Å². The summed E-state index contributed by atoms with van der Waals surface area (Å²) in [6, 6.07) is 109. The van der Waals surface area contributed by atoms with Crippen LogP contribution in [-0.2, 0) is 0 Å². The summed E-state index contributed by atoms with van der Waals surface area (Å²) in [6.07, 6.45) is 17.2. The molecule has 1 nitrogen and oxygen atoms in total. The van der Waals surface area contributed by atoms with Crippen LogP contribution in [0.1, 0.15) is 68.7 Å². The number of aryl methyl sites for hydroxylation is 2. The van der Waals surface area contributed by atoms with Gasteiger partial charge < -0.3 is 4.90 Å². The zero-order valence-electron chi connectivity index (χ0n) is 58.7. The van der Waals surface area contributed by atoms with Crippen molar-refractivity contribution >= 4 is 87.5 Å². The van der Waals surface area contributed by atoms with E-state index < -0.39 is 10.0 Å². The molecule has 14 aromatic carbocycles. The number of rotatable bonds is 15. The van der Waals surface area contributed by atoms with Gasteiger partial charge in [0.2, 0.25) is 0 Å². The topological polar surface area (TPSA) is 3.24 Å². The van der Waals surface area contributed by atoms with Gasteiger partial charge in [0.05, 0.1) is 0 Å². The maximum atomic E-state index is 4.08. The predicted octanol–water partition coefficient (Wildman–Crippen LogP) is 28.6. The molecule has 0 saturated carbocycles. The van der Waals surface area contributed by atoms with Gasteiger partial charge in [0, 0.05) is 22.0 Å². The Balaban J connectivity index is 0.000000266. The molecule has 0 bridgehead atoms. The first-order valence-electron chi connectivity index (χ1n) is 34.3. The second-order valence-corrected chi connectivity index (χ2v) is 31.1. The van der Waals surface area contributed by atoms with Gasteiger partial charge in [-0.2, -0.15) is 0 Å². The van der Waals surface area contributed by atoms with E-state index in [0.717, 1.165) is 28.2 Å². The van der Waals surface area contributed by atoms with Crippen LogP contribution in [0.2, 0.25) is 0 Å². The average Bonchev–Trinajstić information content (AvgIpc) is 0.729. The molecule has 14 aromatic rings. The zero-order valence-corrected chi connectivity index (χ0v) is 60.3. The molecule has 0 aliphatic carbocycles.